The number of carboxylic acid groups (broad SMARTS) is 1. The van der Waals surface area contributed by atoms with Gasteiger partial charge < -0.3 is 14.6 Å². The van der Waals surface area contributed by atoms with Gasteiger partial charge in [-0.1, -0.05) is 0 Å². The van der Waals surface area contributed by atoms with Crippen molar-refractivity contribution < 1.29 is 19.4 Å². The number of carbonyl (C=O) groups is 1. The molecule has 1 aliphatic rings. The molecule has 90 valence electrons. The lowest BCUT2D eigenvalue weighted by Gasteiger charge is -2.10. The number of aliphatic carboxylic acids is 1. The van der Waals surface area contributed by atoms with Gasteiger partial charge in [0.1, 0.15) is 11.9 Å². The van der Waals surface area contributed by atoms with Crippen LogP contribution in [0, 0.1) is 0 Å². The van der Waals surface area contributed by atoms with E-state index in [2.05, 4.69) is 4.98 Å². The summed E-state index contributed by atoms with van der Waals surface area (Å²) in [6, 6.07) is 3.48. The molecule has 0 aromatic carbocycles. The molecule has 17 heavy (non-hydrogen) atoms. The van der Waals surface area contributed by atoms with Gasteiger partial charge in [-0.25, -0.2) is 4.79 Å². The summed E-state index contributed by atoms with van der Waals surface area (Å²) in [6.07, 6.45) is 5.05. The lowest BCUT2D eigenvalue weighted by atomic mass is 10.3. The van der Waals surface area contributed by atoms with Crippen molar-refractivity contribution in [3.05, 3.63) is 30.1 Å². The van der Waals surface area contributed by atoms with Crippen LogP contribution >= 0.6 is 0 Å². The van der Waals surface area contributed by atoms with Crippen LogP contribution in [0.1, 0.15) is 12.1 Å². The van der Waals surface area contributed by atoms with Crippen LogP contribution in [0.4, 0.5) is 0 Å². The minimum atomic E-state index is -0.991. The molecule has 1 N–H and O–H groups in total. The number of pyridine rings is 1. The first-order valence-corrected chi connectivity index (χ1v) is 5.35. The number of nitrogens with zero attached hydrogens (tertiary/aromatic N) is 1. The summed E-state index contributed by atoms with van der Waals surface area (Å²) >= 11 is 0. The topological polar surface area (TPSA) is 68.7 Å². The largest absolute Gasteiger partial charge is 0.486 e. The van der Waals surface area contributed by atoms with Crippen molar-refractivity contribution in [2.75, 3.05) is 13.2 Å². The van der Waals surface area contributed by atoms with Crippen molar-refractivity contribution in [2.24, 2.45) is 0 Å². The van der Waals surface area contributed by atoms with Crippen molar-refractivity contribution >= 4 is 12.0 Å². The lowest BCUT2D eigenvalue weighted by molar-refractivity contribution is -0.131. The molecule has 0 aliphatic carbocycles. The molecule has 0 saturated carbocycles. The molecule has 1 aromatic heterocycles. The monoisotopic (exact) mass is 235 g/mol. The second-order valence-electron chi connectivity index (χ2n) is 3.69. The summed E-state index contributed by atoms with van der Waals surface area (Å²) in [5.74, 6) is -0.316. The fourth-order valence-corrected chi connectivity index (χ4v) is 1.51. The Hall–Kier alpha value is -1.88. The molecule has 1 atom stereocenters. The maximum absolute atomic E-state index is 10.3. The molecule has 1 aromatic rings. The van der Waals surface area contributed by atoms with Gasteiger partial charge in [0.25, 0.3) is 0 Å². The maximum Gasteiger partial charge on any atom is 0.328 e. The molecular formula is C12H13NO4. The fraction of sp³-hybridized carbons (Fsp3) is 0.333. The Balaban J connectivity index is 1.95. The second-order valence-corrected chi connectivity index (χ2v) is 3.69. The third-order valence-corrected chi connectivity index (χ3v) is 2.35. The molecule has 0 amide bonds. The third-order valence-electron chi connectivity index (χ3n) is 2.35. The number of aromatic nitrogens is 1. The minimum Gasteiger partial charge on any atom is -0.486 e. The summed E-state index contributed by atoms with van der Waals surface area (Å²) in [7, 11) is 0. The first-order valence-electron chi connectivity index (χ1n) is 5.35. The molecule has 1 fully saturated rings. The van der Waals surface area contributed by atoms with Crippen molar-refractivity contribution in [3.63, 3.8) is 0 Å². The van der Waals surface area contributed by atoms with Crippen molar-refractivity contribution in [1.82, 2.24) is 4.98 Å². The lowest BCUT2D eigenvalue weighted by Crippen LogP contribution is -2.15. The van der Waals surface area contributed by atoms with E-state index < -0.39 is 5.97 Å². The van der Waals surface area contributed by atoms with E-state index >= 15 is 0 Å². The van der Waals surface area contributed by atoms with Gasteiger partial charge in [0, 0.05) is 12.5 Å². The highest BCUT2D eigenvalue weighted by atomic mass is 16.5. The van der Waals surface area contributed by atoms with Gasteiger partial charge in [-0.3, -0.25) is 4.98 Å². The number of hydrogen-bond acceptors (Lipinski definition) is 4. The summed E-state index contributed by atoms with van der Waals surface area (Å²) in [5.41, 5.74) is 0.586. The first kappa shape index (κ1) is 11.6. The number of hydrogen-bond donors (Lipinski definition) is 1. The quantitative estimate of drug-likeness (QED) is 0.798. The Labute approximate surface area is 98.7 Å². The molecule has 5 nitrogen and oxygen atoms in total. The fourth-order valence-electron chi connectivity index (χ4n) is 1.51. The van der Waals surface area contributed by atoms with Crippen LogP contribution in [0.15, 0.2) is 24.4 Å². The van der Waals surface area contributed by atoms with Gasteiger partial charge in [-0.15, -0.1) is 0 Å². The highest BCUT2D eigenvalue weighted by Crippen LogP contribution is 2.16. The van der Waals surface area contributed by atoms with Gasteiger partial charge in [-0.05, 0) is 18.2 Å². The molecular weight excluding hydrogens is 222 g/mol. The SMILES string of the molecule is O=C(O)C=Cc1ccc(OC2CCOC2)cn1. The molecule has 1 saturated heterocycles. The molecule has 2 heterocycles. The summed E-state index contributed by atoms with van der Waals surface area (Å²) in [4.78, 5) is 14.4. The Kier molecular flexibility index (Phi) is 3.72. The van der Waals surface area contributed by atoms with Gasteiger partial charge >= 0.3 is 5.97 Å². The molecule has 0 bridgehead atoms. The van der Waals surface area contributed by atoms with E-state index in [0.717, 1.165) is 19.1 Å². The number of carboxylic acids is 1. The molecule has 2 rings (SSSR count). The average Bonchev–Trinajstić information content (AvgIpc) is 2.81. The zero-order valence-corrected chi connectivity index (χ0v) is 9.20. The van der Waals surface area contributed by atoms with Gasteiger partial charge in [0.15, 0.2) is 0 Å². The predicted octanol–water partition coefficient (Wildman–Crippen LogP) is 1.35. The zero-order chi connectivity index (χ0) is 12.1. The molecule has 0 spiro atoms. The molecule has 5 heteroatoms. The summed E-state index contributed by atoms with van der Waals surface area (Å²) in [6.45, 7) is 1.35. The van der Waals surface area contributed by atoms with Crippen LogP contribution in [0.3, 0.4) is 0 Å². The summed E-state index contributed by atoms with van der Waals surface area (Å²) in [5, 5.41) is 8.47. The molecule has 1 aliphatic heterocycles. The smallest absolute Gasteiger partial charge is 0.328 e. The van der Waals surface area contributed by atoms with Crippen molar-refractivity contribution in [1.29, 1.82) is 0 Å². The van der Waals surface area contributed by atoms with E-state index in [0.29, 0.717) is 18.1 Å². The van der Waals surface area contributed by atoms with Crippen LogP contribution in [-0.4, -0.2) is 35.4 Å². The zero-order valence-electron chi connectivity index (χ0n) is 9.20. The Morgan fingerprint density at radius 3 is 3.06 bits per heavy atom. The normalized spacial score (nSPS) is 19.6. The maximum atomic E-state index is 10.3. The predicted molar refractivity (Wildman–Crippen MR) is 60.8 cm³/mol. The van der Waals surface area contributed by atoms with E-state index in [1.165, 1.54) is 6.08 Å². The number of rotatable bonds is 4. The van der Waals surface area contributed by atoms with E-state index in [-0.39, 0.29) is 6.10 Å². The van der Waals surface area contributed by atoms with Gasteiger partial charge in [-0.2, -0.15) is 0 Å². The second kappa shape index (κ2) is 5.45. The Bertz CT molecular complexity index is 407. The van der Waals surface area contributed by atoms with Gasteiger partial charge in [0.2, 0.25) is 0 Å². The van der Waals surface area contributed by atoms with E-state index in [9.17, 15) is 4.79 Å². The van der Waals surface area contributed by atoms with Crippen LogP contribution in [0.2, 0.25) is 0 Å². The summed E-state index contributed by atoms with van der Waals surface area (Å²) < 4.78 is 10.8. The Morgan fingerprint density at radius 1 is 1.59 bits per heavy atom. The van der Waals surface area contributed by atoms with Crippen molar-refractivity contribution in [3.8, 4) is 5.75 Å². The molecule has 1 unspecified atom stereocenters. The minimum absolute atomic E-state index is 0.0946. The first-order chi connectivity index (χ1) is 8.24. The van der Waals surface area contributed by atoms with Crippen molar-refractivity contribution in [2.45, 2.75) is 12.5 Å². The van der Waals surface area contributed by atoms with Crippen LogP contribution in [-0.2, 0) is 9.53 Å². The van der Waals surface area contributed by atoms with Crippen LogP contribution in [0.5, 0.6) is 5.75 Å². The Morgan fingerprint density at radius 2 is 2.47 bits per heavy atom. The highest BCUT2D eigenvalue weighted by molar-refractivity contribution is 5.84. The van der Waals surface area contributed by atoms with Crippen LogP contribution < -0.4 is 4.74 Å². The molecule has 0 radical (unpaired) electrons. The highest BCUT2D eigenvalue weighted by Gasteiger charge is 2.16. The van der Waals surface area contributed by atoms with E-state index in [1.54, 1.807) is 18.3 Å². The number of ether oxygens (including phenoxy) is 2. The van der Waals surface area contributed by atoms with E-state index in [1.807, 2.05) is 0 Å². The standard InChI is InChI=1S/C12H13NO4/c14-12(15)4-2-9-1-3-10(7-13-9)17-11-5-6-16-8-11/h1-4,7,11H,5-6,8H2,(H,14,15). The third kappa shape index (κ3) is 3.57. The van der Waals surface area contributed by atoms with E-state index in [4.69, 9.17) is 14.6 Å². The van der Waals surface area contributed by atoms with Gasteiger partial charge in [0.05, 0.1) is 25.1 Å². The van der Waals surface area contributed by atoms with Crippen LogP contribution in [0.25, 0.3) is 6.08 Å². The average molecular weight is 235 g/mol.